The molecule has 1 amide bonds. The van der Waals surface area contributed by atoms with Crippen LogP contribution in [0.1, 0.15) is 39.5 Å². The van der Waals surface area contributed by atoms with Gasteiger partial charge in [-0.3, -0.25) is 4.79 Å². The molecule has 0 fully saturated rings. The van der Waals surface area contributed by atoms with Crippen LogP contribution in [0.4, 0.5) is 0 Å². The minimum atomic E-state index is -0.209. The van der Waals surface area contributed by atoms with Gasteiger partial charge in [0.15, 0.2) is 0 Å². The molecule has 0 radical (unpaired) electrons. The van der Waals surface area contributed by atoms with Gasteiger partial charge in [-0.25, -0.2) is 0 Å². The molecule has 2 N–H and O–H groups in total. The minimum Gasteiger partial charge on any atom is -0.379 e. The van der Waals surface area contributed by atoms with Crippen LogP contribution in [0.2, 0.25) is 0 Å². The maximum atomic E-state index is 10.3. The number of amides is 1. The van der Waals surface area contributed by atoms with Crippen molar-refractivity contribution in [2.24, 2.45) is 5.73 Å². The average molecular weight is 173 g/mol. The van der Waals surface area contributed by atoms with Gasteiger partial charge in [0.1, 0.15) is 0 Å². The molecule has 12 heavy (non-hydrogen) atoms. The van der Waals surface area contributed by atoms with Crippen molar-refractivity contribution in [2.75, 3.05) is 6.61 Å². The third-order valence-electron chi connectivity index (χ3n) is 1.52. The Hall–Kier alpha value is -0.570. The zero-order valence-corrected chi connectivity index (χ0v) is 8.01. The molecule has 3 heteroatoms. The molecule has 0 saturated heterocycles. The van der Waals surface area contributed by atoms with E-state index in [1.807, 2.05) is 13.8 Å². The molecule has 0 unspecified atom stereocenters. The van der Waals surface area contributed by atoms with Gasteiger partial charge in [0, 0.05) is 13.0 Å². The number of carbonyl (C=O) groups is 1. The molecule has 0 aliphatic rings. The molecule has 0 atom stereocenters. The van der Waals surface area contributed by atoms with Gasteiger partial charge in [-0.2, -0.15) is 0 Å². The van der Waals surface area contributed by atoms with Crippen molar-refractivity contribution in [1.29, 1.82) is 0 Å². The fourth-order valence-corrected chi connectivity index (χ4v) is 0.897. The van der Waals surface area contributed by atoms with Gasteiger partial charge in [-0.05, 0) is 26.7 Å². The monoisotopic (exact) mass is 173 g/mol. The lowest BCUT2D eigenvalue weighted by Crippen LogP contribution is -2.10. The summed E-state index contributed by atoms with van der Waals surface area (Å²) in [6.07, 6.45) is 3.74. The smallest absolute Gasteiger partial charge is 0.217 e. The van der Waals surface area contributed by atoms with Gasteiger partial charge >= 0.3 is 0 Å². The van der Waals surface area contributed by atoms with Gasteiger partial charge < -0.3 is 10.5 Å². The van der Waals surface area contributed by atoms with E-state index >= 15 is 0 Å². The Morgan fingerprint density at radius 1 is 1.33 bits per heavy atom. The van der Waals surface area contributed by atoms with E-state index in [2.05, 4.69) is 0 Å². The number of hydrogen-bond acceptors (Lipinski definition) is 2. The number of carbonyl (C=O) groups excluding carboxylic acids is 1. The van der Waals surface area contributed by atoms with Crippen LogP contribution in [0.25, 0.3) is 0 Å². The van der Waals surface area contributed by atoms with Gasteiger partial charge in [0.05, 0.1) is 6.10 Å². The van der Waals surface area contributed by atoms with E-state index in [0.717, 1.165) is 25.9 Å². The van der Waals surface area contributed by atoms with Crippen molar-refractivity contribution in [3.8, 4) is 0 Å². The summed E-state index contributed by atoms with van der Waals surface area (Å²) in [7, 11) is 0. The molecule has 0 heterocycles. The average Bonchev–Trinajstić information content (AvgIpc) is 1.95. The summed E-state index contributed by atoms with van der Waals surface area (Å²) in [6.45, 7) is 4.82. The lowest BCUT2D eigenvalue weighted by atomic mass is 10.2. The van der Waals surface area contributed by atoms with E-state index in [1.165, 1.54) is 0 Å². The second-order valence-corrected chi connectivity index (χ2v) is 3.20. The molecular formula is C9H19NO2. The first-order chi connectivity index (χ1) is 5.63. The summed E-state index contributed by atoms with van der Waals surface area (Å²) >= 11 is 0. The highest BCUT2D eigenvalue weighted by atomic mass is 16.5. The maximum Gasteiger partial charge on any atom is 0.217 e. The van der Waals surface area contributed by atoms with Gasteiger partial charge in [-0.1, -0.05) is 6.42 Å². The van der Waals surface area contributed by atoms with E-state index in [1.54, 1.807) is 0 Å². The van der Waals surface area contributed by atoms with E-state index in [4.69, 9.17) is 10.5 Å². The predicted molar refractivity (Wildman–Crippen MR) is 48.8 cm³/mol. The number of primary amides is 1. The Morgan fingerprint density at radius 2 is 2.00 bits per heavy atom. The summed E-state index contributed by atoms with van der Waals surface area (Å²) < 4.78 is 5.33. The number of ether oxygens (including phenoxy) is 1. The van der Waals surface area contributed by atoms with Gasteiger partial charge in [0.2, 0.25) is 5.91 Å². The zero-order chi connectivity index (χ0) is 9.40. The molecule has 3 nitrogen and oxygen atoms in total. The summed E-state index contributed by atoms with van der Waals surface area (Å²) in [6, 6.07) is 0. The molecule has 0 aliphatic heterocycles. The van der Waals surface area contributed by atoms with Crippen LogP contribution in [0.3, 0.4) is 0 Å². The first kappa shape index (κ1) is 11.4. The number of rotatable bonds is 7. The van der Waals surface area contributed by atoms with Crippen LogP contribution in [0.15, 0.2) is 0 Å². The van der Waals surface area contributed by atoms with E-state index in [0.29, 0.717) is 12.5 Å². The molecule has 72 valence electrons. The zero-order valence-electron chi connectivity index (χ0n) is 8.01. The third-order valence-corrected chi connectivity index (χ3v) is 1.52. The molecular weight excluding hydrogens is 154 g/mol. The number of hydrogen-bond donors (Lipinski definition) is 1. The second-order valence-electron chi connectivity index (χ2n) is 3.20. The van der Waals surface area contributed by atoms with Crippen LogP contribution >= 0.6 is 0 Å². The Morgan fingerprint density at radius 3 is 2.50 bits per heavy atom. The first-order valence-electron chi connectivity index (χ1n) is 4.53. The van der Waals surface area contributed by atoms with Crippen LogP contribution in [0, 0.1) is 0 Å². The summed E-state index contributed by atoms with van der Waals surface area (Å²) in [5.74, 6) is -0.209. The van der Waals surface area contributed by atoms with Crippen molar-refractivity contribution in [3.05, 3.63) is 0 Å². The summed E-state index contributed by atoms with van der Waals surface area (Å²) in [5, 5.41) is 0. The number of unbranched alkanes of at least 4 members (excludes halogenated alkanes) is 2. The lowest BCUT2D eigenvalue weighted by Gasteiger charge is -2.06. The predicted octanol–water partition coefficient (Wildman–Crippen LogP) is 1.46. The van der Waals surface area contributed by atoms with Gasteiger partial charge in [0.25, 0.3) is 0 Å². The van der Waals surface area contributed by atoms with E-state index < -0.39 is 0 Å². The van der Waals surface area contributed by atoms with Crippen molar-refractivity contribution >= 4 is 5.91 Å². The van der Waals surface area contributed by atoms with Crippen molar-refractivity contribution < 1.29 is 9.53 Å². The second kappa shape index (κ2) is 7.10. The molecule has 0 saturated carbocycles. The Labute approximate surface area is 74.3 Å². The van der Waals surface area contributed by atoms with Crippen LogP contribution in [0.5, 0.6) is 0 Å². The standard InChI is InChI=1S/C9H19NO2/c1-8(2)12-7-5-3-4-6-9(10)11/h8H,3-7H2,1-2H3,(H2,10,11). The van der Waals surface area contributed by atoms with Crippen LogP contribution < -0.4 is 5.73 Å². The highest BCUT2D eigenvalue weighted by Crippen LogP contribution is 2.00. The third kappa shape index (κ3) is 9.43. The molecule has 0 bridgehead atoms. The quantitative estimate of drug-likeness (QED) is 0.592. The SMILES string of the molecule is CC(C)OCCCCCC(N)=O. The molecule has 0 spiro atoms. The van der Waals surface area contributed by atoms with Crippen molar-refractivity contribution in [1.82, 2.24) is 0 Å². The fourth-order valence-electron chi connectivity index (χ4n) is 0.897. The normalized spacial score (nSPS) is 10.6. The van der Waals surface area contributed by atoms with Crippen molar-refractivity contribution in [2.45, 2.75) is 45.6 Å². The molecule has 0 rings (SSSR count). The molecule has 0 aromatic carbocycles. The Balaban J connectivity index is 2.96. The van der Waals surface area contributed by atoms with E-state index in [-0.39, 0.29) is 5.91 Å². The fraction of sp³-hybridized carbons (Fsp3) is 0.889. The minimum absolute atomic E-state index is 0.209. The summed E-state index contributed by atoms with van der Waals surface area (Å²) in [5.41, 5.74) is 4.99. The van der Waals surface area contributed by atoms with Crippen molar-refractivity contribution in [3.63, 3.8) is 0 Å². The lowest BCUT2D eigenvalue weighted by molar-refractivity contribution is -0.118. The largest absolute Gasteiger partial charge is 0.379 e. The van der Waals surface area contributed by atoms with Gasteiger partial charge in [-0.15, -0.1) is 0 Å². The molecule has 0 aromatic rings. The maximum absolute atomic E-state index is 10.3. The summed E-state index contributed by atoms with van der Waals surface area (Å²) in [4.78, 5) is 10.3. The Bertz CT molecular complexity index is 124. The van der Waals surface area contributed by atoms with Crippen LogP contribution in [-0.2, 0) is 9.53 Å². The highest BCUT2D eigenvalue weighted by molar-refractivity contribution is 5.73. The van der Waals surface area contributed by atoms with Crippen LogP contribution in [-0.4, -0.2) is 18.6 Å². The van der Waals surface area contributed by atoms with E-state index in [9.17, 15) is 4.79 Å². The Kier molecular flexibility index (Phi) is 6.76. The number of nitrogens with two attached hydrogens (primary N) is 1. The highest BCUT2D eigenvalue weighted by Gasteiger charge is 1.95. The molecule has 0 aromatic heterocycles. The topological polar surface area (TPSA) is 52.3 Å². The molecule has 0 aliphatic carbocycles. The first-order valence-corrected chi connectivity index (χ1v) is 4.53.